The molecule has 0 saturated heterocycles. The highest BCUT2D eigenvalue weighted by Crippen LogP contribution is 2.44. The molecule has 4 unspecified atom stereocenters. The molecule has 0 nitrogen and oxygen atoms in total. The van der Waals surface area contributed by atoms with Gasteiger partial charge in [-0.15, -0.1) is 0 Å². The Kier molecular flexibility index (Phi) is 17.9. The second-order valence-electron chi connectivity index (χ2n) is 21.9. The third-order valence-corrected chi connectivity index (χ3v) is 27.6. The molecule has 4 heteroatoms. The summed E-state index contributed by atoms with van der Waals surface area (Å²) in [7, 11) is -4.59. The molecule has 4 atom stereocenters. The molecule has 0 N–H and O–H groups in total. The number of allylic oxidation sites excluding steroid dienone is 4. The lowest BCUT2D eigenvalue weighted by Gasteiger charge is -2.26. The van der Waals surface area contributed by atoms with Gasteiger partial charge >= 0.3 is 0 Å². The lowest BCUT2D eigenvalue weighted by molar-refractivity contribution is 0.480. The molecule has 0 spiro atoms. The van der Waals surface area contributed by atoms with E-state index in [0.717, 1.165) is 23.7 Å². The van der Waals surface area contributed by atoms with E-state index in [1.165, 1.54) is 87.8 Å². The molecule has 55 heavy (non-hydrogen) atoms. The van der Waals surface area contributed by atoms with Gasteiger partial charge in [0.05, 0.1) is 32.3 Å². The molecule has 4 saturated carbocycles. The molecule has 0 aromatic heterocycles. The lowest BCUT2D eigenvalue weighted by atomic mass is 10.0. The van der Waals surface area contributed by atoms with E-state index in [-0.39, 0.29) is 0 Å². The van der Waals surface area contributed by atoms with Gasteiger partial charge in [-0.25, -0.2) is 0 Å². The molecule has 0 radical (unpaired) electrons. The Bertz CT molecular complexity index is 1350. The van der Waals surface area contributed by atoms with Crippen molar-refractivity contribution in [2.24, 2.45) is 35.5 Å². The molecule has 0 aliphatic heterocycles. The van der Waals surface area contributed by atoms with Crippen molar-refractivity contribution in [2.45, 2.75) is 188 Å². The SMILES string of the molecule is C1=CC2CCC1C2.C1=CC2CCC1C2.C1CC2CCC1C2.CCC[Si](C)(C)c1ccc([Si](C)(C)C)cc1.CCC[Si](C)(C)c1ccc([Si](C)(C)CCC)cc1. The average Bonchev–Trinajstić information content (AvgIpc) is 4.03. The standard InChI is InChI=1S/C16H30Si2.C14H26Si2.C7H12.2C7H10/c1-7-13-17(3,4)15-9-11-16(12-10-15)18(5,6)14-8-2;1-7-12-16(5,6)14-10-8-13(9-11-14)15(2,3)4;3*1-2-7-4-3-6(1)5-7/h9-12H,7-8,13-14H2,1-6H3;8-11H,7,12H2,1-6H3;6-7H,1-5H2;2*1-2,6-7H,3-5H2. The summed E-state index contributed by atoms with van der Waals surface area (Å²) in [6.07, 6.45) is 30.1. The molecular formula is C51H88Si4. The molecule has 4 fully saturated rings. The summed E-state index contributed by atoms with van der Waals surface area (Å²) in [6.45, 7) is 29.1. The summed E-state index contributed by atoms with van der Waals surface area (Å²) in [5.74, 6) is 6.31. The first-order chi connectivity index (χ1) is 26.0. The largest absolute Gasteiger partial charge is 0.0851 e. The lowest BCUT2D eigenvalue weighted by Crippen LogP contribution is -2.45. The number of hydrogen-bond acceptors (Lipinski definition) is 0. The van der Waals surface area contributed by atoms with Gasteiger partial charge in [-0.3, -0.25) is 0 Å². The molecule has 2 aromatic rings. The van der Waals surface area contributed by atoms with Crippen LogP contribution in [0, 0.1) is 35.5 Å². The highest BCUT2D eigenvalue weighted by Gasteiger charge is 2.31. The van der Waals surface area contributed by atoms with Gasteiger partial charge < -0.3 is 0 Å². The minimum absolute atomic E-state index is 0.991. The third kappa shape index (κ3) is 14.5. The van der Waals surface area contributed by atoms with Crippen LogP contribution in [0.25, 0.3) is 0 Å². The van der Waals surface area contributed by atoms with Crippen LogP contribution >= 0.6 is 0 Å². The van der Waals surface area contributed by atoms with Crippen LogP contribution < -0.4 is 20.7 Å². The van der Waals surface area contributed by atoms with E-state index >= 15 is 0 Å². The maximum absolute atomic E-state index is 2.50. The molecule has 2 aromatic carbocycles. The summed E-state index contributed by atoms with van der Waals surface area (Å²) in [5.41, 5.74) is 0. The van der Waals surface area contributed by atoms with Crippen molar-refractivity contribution >= 4 is 53.0 Å². The Morgan fingerprint density at radius 1 is 0.364 bits per heavy atom. The fourth-order valence-corrected chi connectivity index (χ4v) is 19.7. The summed E-state index contributed by atoms with van der Waals surface area (Å²) in [4.78, 5) is 0. The Morgan fingerprint density at radius 2 is 0.618 bits per heavy atom. The highest BCUT2D eigenvalue weighted by molar-refractivity contribution is 6.92. The molecule has 6 bridgehead atoms. The number of hydrogen-bond donors (Lipinski definition) is 0. The normalized spacial score (nSPS) is 25.7. The van der Waals surface area contributed by atoms with Crippen molar-refractivity contribution in [1.82, 2.24) is 0 Å². The zero-order chi connectivity index (χ0) is 40.3. The van der Waals surface area contributed by atoms with Crippen molar-refractivity contribution in [3.63, 3.8) is 0 Å². The molecular weight excluding hydrogens is 725 g/mol. The third-order valence-electron chi connectivity index (χ3n) is 14.6. The fourth-order valence-electron chi connectivity index (χ4n) is 10.7. The summed E-state index contributed by atoms with van der Waals surface area (Å²) >= 11 is 0. The predicted octanol–water partition coefficient (Wildman–Crippen LogP) is 14.0. The van der Waals surface area contributed by atoms with Crippen LogP contribution in [-0.2, 0) is 0 Å². The first kappa shape index (κ1) is 46.5. The smallest absolute Gasteiger partial charge is 0.0806 e. The van der Waals surface area contributed by atoms with Gasteiger partial charge in [0.25, 0.3) is 0 Å². The van der Waals surface area contributed by atoms with Crippen LogP contribution in [0.2, 0.25) is 77.1 Å². The van der Waals surface area contributed by atoms with E-state index in [2.05, 4.69) is 153 Å². The van der Waals surface area contributed by atoms with Crippen molar-refractivity contribution < 1.29 is 0 Å². The molecule has 6 aliphatic carbocycles. The average molecular weight is 814 g/mol. The van der Waals surface area contributed by atoms with E-state index in [0.29, 0.717) is 0 Å². The quantitative estimate of drug-likeness (QED) is 0.166. The van der Waals surface area contributed by atoms with Crippen LogP contribution in [0.15, 0.2) is 72.8 Å². The van der Waals surface area contributed by atoms with E-state index in [1.54, 1.807) is 52.9 Å². The highest BCUT2D eigenvalue weighted by atomic mass is 28.3. The topological polar surface area (TPSA) is 0 Å². The second kappa shape index (κ2) is 21.2. The second-order valence-corrected chi connectivity index (χ2v) is 41.5. The zero-order valence-electron chi connectivity index (χ0n) is 38.4. The number of benzene rings is 2. The molecule has 0 heterocycles. The van der Waals surface area contributed by atoms with Gasteiger partial charge in [-0.05, 0) is 80.5 Å². The van der Waals surface area contributed by atoms with E-state index in [9.17, 15) is 0 Å². The first-order valence-electron chi connectivity index (χ1n) is 23.5. The minimum Gasteiger partial charge on any atom is -0.0851 e. The van der Waals surface area contributed by atoms with Crippen LogP contribution in [0.4, 0.5) is 0 Å². The Hall–Kier alpha value is -1.21. The molecule has 308 valence electrons. The number of rotatable bonds is 10. The minimum atomic E-state index is -1.16. The van der Waals surface area contributed by atoms with Gasteiger partial charge in [-0.2, -0.15) is 0 Å². The van der Waals surface area contributed by atoms with Gasteiger partial charge in [0, 0.05) is 0 Å². The first-order valence-corrected chi connectivity index (χ1v) is 36.7. The van der Waals surface area contributed by atoms with Crippen molar-refractivity contribution in [1.29, 1.82) is 0 Å². The van der Waals surface area contributed by atoms with Crippen molar-refractivity contribution in [3.8, 4) is 0 Å². The molecule has 0 amide bonds. The molecule has 8 rings (SSSR count). The fraction of sp³-hybridized carbons (Fsp3) is 0.686. The summed E-state index contributed by atoms with van der Waals surface area (Å²) in [6, 6.07) is 23.5. The molecule has 6 aliphatic rings. The van der Waals surface area contributed by atoms with Gasteiger partial charge in [0.1, 0.15) is 0 Å². The van der Waals surface area contributed by atoms with Gasteiger partial charge in [0.2, 0.25) is 0 Å². The van der Waals surface area contributed by atoms with Crippen LogP contribution in [0.1, 0.15) is 111 Å². The van der Waals surface area contributed by atoms with E-state index in [1.807, 2.05) is 0 Å². The summed E-state index contributed by atoms with van der Waals surface area (Å²) in [5, 5.41) is 6.47. The van der Waals surface area contributed by atoms with Crippen molar-refractivity contribution in [3.05, 3.63) is 72.8 Å². The Balaban J connectivity index is 0.000000162. The van der Waals surface area contributed by atoms with E-state index < -0.39 is 32.3 Å². The van der Waals surface area contributed by atoms with Crippen LogP contribution in [0.3, 0.4) is 0 Å². The monoisotopic (exact) mass is 813 g/mol. The maximum atomic E-state index is 2.50. The maximum Gasteiger partial charge on any atom is 0.0806 e. The van der Waals surface area contributed by atoms with Crippen LogP contribution in [-0.4, -0.2) is 32.3 Å². The van der Waals surface area contributed by atoms with Gasteiger partial charge in [-0.1, -0.05) is 236 Å². The van der Waals surface area contributed by atoms with E-state index in [4.69, 9.17) is 0 Å². The zero-order valence-corrected chi connectivity index (χ0v) is 42.4. The number of fused-ring (bicyclic) bond motifs is 6. The Morgan fingerprint density at radius 3 is 0.764 bits per heavy atom. The summed E-state index contributed by atoms with van der Waals surface area (Å²) < 4.78 is 0. The Labute approximate surface area is 347 Å². The predicted molar refractivity (Wildman–Crippen MR) is 263 cm³/mol. The van der Waals surface area contributed by atoms with Gasteiger partial charge in [0.15, 0.2) is 0 Å². The van der Waals surface area contributed by atoms with Crippen molar-refractivity contribution in [2.75, 3.05) is 0 Å². The van der Waals surface area contributed by atoms with Crippen LogP contribution in [0.5, 0.6) is 0 Å².